The van der Waals surface area contributed by atoms with E-state index in [0.717, 1.165) is 11.1 Å². The molecule has 4 aromatic rings. The molecule has 1 aliphatic rings. The summed E-state index contributed by atoms with van der Waals surface area (Å²) in [6.07, 6.45) is 4.48. The fraction of sp³-hybridized carbons (Fsp3) is 0.214. The van der Waals surface area contributed by atoms with E-state index in [9.17, 15) is 9.18 Å². The van der Waals surface area contributed by atoms with Gasteiger partial charge in [0, 0.05) is 48.4 Å². The monoisotopic (exact) mass is 531 g/mol. The topological polar surface area (TPSA) is 99.1 Å². The summed E-state index contributed by atoms with van der Waals surface area (Å²) in [6.45, 7) is 3.01. The summed E-state index contributed by atoms with van der Waals surface area (Å²) < 4.78 is 30.6. The first kappa shape index (κ1) is 25.7. The summed E-state index contributed by atoms with van der Waals surface area (Å²) in [4.78, 5) is 30.8. The molecule has 10 nitrogen and oxygen atoms in total. The lowest BCUT2D eigenvalue weighted by Crippen LogP contribution is -2.30. The SMILES string of the molecule is COc1ccc(C(C)Oc2ccc(CN3CN(OC=O)c4cc(-c5ccnc(F)c5)cnc43)cc2OC)cn1. The van der Waals surface area contributed by atoms with E-state index < -0.39 is 5.95 Å². The van der Waals surface area contributed by atoms with Gasteiger partial charge in [0.1, 0.15) is 18.5 Å². The average molecular weight is 532 g/mol. The van der Waals surface area contributed by atoms with Crippen LogP contribution in [0.5, 0.6) is 17.4 Å². The number of methoxy groups -OCH3 is 2. The van der Waals surface area contributed by atoms with E-state index in [2.05, 4.69) is 15.0 Å². The molecule has 3 aromatic heterocycles. The van der Waals surface area contributed by atoms with Gasteiger partial charge in [-0.05, 0) is 48.4 Å². The predicted octanol–water partition coefficient (Wildman–Crippen LogP) is 4.71. The van der Waals surface area contributed by atoms with Crippen molar-refractivity contribution < 1.29 is 28.2 Å². The highest BCUT2D eigenvalue weighted by Gasteiger charge is 2.30. The first-order chi connectivity index (χ1) is 19.0. The summed E-state index contributed by atoms with van der Waals surface area (Å²) in [6, 6.07) is 14.2. The van der Waals surface area contributed by atoms with Crippen molar-refractivity contribution in [2.24, 2.45) is 0 Å². The summed E-state index contributed by atoms with van der Waals surface area (Å²) >= 11 is 0. The lowest BCUT2D eigenvalue weighted by Gasteiger charge is -2.21. The third kappa shape index (κ3) is 5.52. The number of aromatic nitrogens is 3. The van der Waals surface area contributed by atoms with Crippen LogP contribution >= 0.6 is 0 Å². The van der Waals surface area contributed by atoms with Crippen molar-refractivity contribution in [3.63, 3.8) is 0 Å². The van der Waals surface area contributed by atoms with Gasteiger partial charge in [-0.1, -0.05) is 6.07 Å². The Morgan fingerprint density at radius 1 is 0.974 bits per heavy atom. The Morgan fingerprint density at radius 2 is 1.85 bits per heavy atom. The number of hydrogen-bond donors (Lipinski definition) is 0. The lowest BCUT2D eigenvalue weighted by molar-refractivity contribution is -0.129. The fourth-order valence-electron chi connectivity index (χ4n) is 4.32. The molecule has 4 heterocycles. The van der Waals surface area contributed by atoms with Crippen LogP contribution in [0.1, 0.15) is 24.2 Å². The highest BCUT2D eigenvalue weighted by Crippen LogP contribution is 2.39. The number of pyridine rings is 3. The van der Waals surface area contributed by atoms with Crippen molar-refractivity contribution in [1.82, 2.24) is 15.0 Å². The molecule has 0 saturated heterocycles. The van der Waals surface area contributed by atoms with E-state index in [4.69, 9.17) is 19.0 Å². The second-order valence-corrected chi connectivity index (χ2v) is 8.73. The molecule has 1 aliphatic heterocycles. The van der Waals surface area contributed by atoms with Crippen LogP contribution in [0, 0.1) is 5.95 Å². The number of carbonyl (C=O) groups is 1. The number of carbonyl (C=O) groups excluding carboxylic acids is 1. The maximum absolute atomic E-state index is 13.7. The van der Waals surface area contributed by atoms with Gasteiger partial charge in [0.25, 0.3) is 0 Å². The number of ether oxygens (including phenoxy) is 3. The Morgan fingerprint density at radius 3 is 2.56 bits per heavy atom. The highest BCUT2D eigenvalue weighted by molar-refractivity contribution is 5.78. The number of halogens is 1. The Bertz CT molecular complexity index is 1470. The molecule has 0 fully saturated rings. The predicted molar refractivity (Wildman–Crippen MR) is 141 cm³/mol. The molecule has 0 bridgehead atoms. The third-order valence-corrected chi connectivity index (χ3v) is 6.29. The minimum absolute atomic E-state index is 0.261. The minimum atomic E-state index is -0.591. The van der Waals surface area contributed by atoms with Crippen LogP contribution in [0.3, 0.4) is 0 Å². The molecule has 0 N–H and O–H groups in total. The van der Waals surface area contributed by atoms with E-state index in [-0.39, 0.29) is 12.8 Å². The highest BCUT2D eigenvalue weighted by atomic mass is 19.1. The molecule has 200 valence electrons. The quantitative estimate of drug-likeness (QED) is 0.211. The second kappa shape index (κ2) is 11.2. The van der Waals surface area contributed by atoms with Gasteiger partial charge in [-0.25, -0.2) is 15.0 Å². The van der Waals surface area contributed by atoms with Gasteiger partial charge in [0.15, 0.2) is 17.3 Å². The van der Waals surface area contributed by atoms with Crippen molar-refractivity contribution >= 4 is 18.0 Å². The number of hydrogen-bond acceptors (Lipinski definition) is 10. The second-order valence-electron chi connectivity index (χ2n) is 8.73. The van der Waals surface area contributed by atoms with E-state index >= 15 is 0 Å². The zero-order valence-corrected chi connectivity index (χ0v) is 21.6. The van der Waals surface area contributed by atoms with Gasteiger partial charge < -0.3 is 23.9 Å². The van der Waals surface area contributed by atoms with E-state index in [1.807, 2.05) is 36.1 Å². The van der Waals surface area contributed by atoms with Gasteiger partial charge in [-0.3, -0.25) is 4.79 Å². The summed E-state index contributed by atoms with van der Waals surface area (Å²) in [5, 5.41) is 1.44. The van der Waals surface area contributed by atoms with Crippen molar-refractivity contribution in [3.8, 4) is 28.5 Å². The molecule has 0 saturated carbocycles. The van der Waals surface area contributed by atoms with Crippen molar-refractivity contribution in [2.75, 3.05) is 30.9 Å². The van der Waals surface area contributed by atoms with Crippen LogP contribution in [-0.4, -0.2) is 42.3 Å². The molecule has 1 atom stereocenters. The molecule has 11 heteroatoms. The van der Waals surface area contributed by atoms with Crippen molar-refractivity contribution in [2.45, 2.75) is 19.6 Å². The van der Waals surface area contributed by atoms with Gasteiger partial charge in [-0.15, -0.1) is 0 Å². The van der Waals surface area contributed by atoms with Gasteiger partial charge in [0.05, 0.1) is 14.2 Å². The van der Waals surface area contributed by atoms with Crippen LogP contribution in [-0.2, 0) is 16.2 Å². The molecule has 0 amide bonds. The number of benzene rings is 1. The number of fused-ring (bicyclic) bond motifs is 1. The summed E-state index contributed by atoms with van der Waals surface area (Å²) in [5.74, 6) is 1.72. The number of nitrogens with zero attached hydrogens (tertiary/aromatic N) is 5. The maximum atomic E-state index is 13.7. The van der Waals surface area contributed by atoms with Crippen LogP contribution in [0.25, 0.3) is 11.1 Å². The normalized spacial score (nSPS) is 13.0. The third-order valence-electron chi connectivity index (χ3n) is 6.29. The zero-order chi connectivity index (χ0) is 27.4. The average Bonchev–Trinajstić information content (AvgIpc) is 3.30. The van der Waals surface area contributed by atoms with E-state index in [1.165, 1.54) is 17.3 Å². The number of hydroxylamine groups is 1. The smallest absolute Gasteiger partial charge is 0.320 e. The van der Waals surface area contributed by atoms with E-state index in [1.54, 1.807) is 44.8 Å². The minimum Gasteiger partial charge on any atom is -0.493 e. The van der Waals surface area contributed by atoms with Crippen LogP contribution in [0.4, 0.5) is 15.9 Å². The van der Waals surface area contributed by atoms with Crippen molar-refractivity contribution in [3.05, 3.63) is 84.2 Å². The van der Waals surface area contributed by atoms with Crippen LogP contribution < -0.4 is 24.2 Å². The van der Waals surface area contributed by atoms with Gasteiger partial charge in [0.2, 0.25) is 11.8 Å². The Balaban J connectivity index is 1.35. The molecule has 1 unspecified atom stereocenters. The summed E-state index contributed by atoms with van der Waals surface area (Å²) in [7, 11) is 3.15. The summed E-state index contributed by atoms with van der Waals surface area (Å²) in [5.41, 5.74) is 3.69. The standard InChI is InChI=1S/C28H26FN5O5/c1-18(21-5-7-27(37-3)31-13-21)39-24-6-4-19(10-25(24)36-2)15-33-16-34(38-17-35)23-11-22(14-32-28(23)33)20-8-9-30-26(29)12-20/h4-14,17-18H,15-16H2,1-3H3. The maximum Gasteiger partial charge on any atom is 0.320 e. The molecule has 0 spiro atoms. The molecule has 39 heavy (non-hydrogen) atoms. The lowest BCUT2D eigenvalue weighted by atomic mass is 10.1. The Hall–Kier alpha value is -4.93. The molecule has 1 aromatic carbocycles. The molecular weight excluding hydrogens is 505 g/mol. The van der Waals surface area contributed by atoms with Crippen LogP contribution in [0.2, 0.25) is 0 Å². The van der Waals surface area contributed by atoms with E-state index in [0.29, 0.717) is 53.0 Å². The van der Waals surface area contributed by atoms with Crippen molar-refractivity contribution in [1.29, 1.82) is 0 Å². The molecular formula is C28H26FN5O5. The molecule has 0 aliphatic carbocycles. The molecule has 0 radical (unpaired) electrons. The molecule has 5 rings (SSSR count). The van der Waals surface area contributed by atoms with Crippen LogP contribution in [0.15, 0.2) is 67.1 Å². The first-order valence-electron chi connectivity index (χ1n) is 12.1. The van der Waals surface area contributed by atoms with Gasteiger partial charge in [-0.2, -0.15) is 9.45 Å². The number of rotatable bonds is 10. The Labute approximate surface area is 224 Å². The largest absolute Gasteiger partial charge is 0.493 e. The Kier molecular flexibility index (Phi) is 7.39. The first-order valence-corrected chi connectivity index (χ1v) is 12.1. The zero-order valence-electron chi connectivity index (χ0n) is 21.6. The number of anilines is 2. The fourth-order valence-corrected chi connectivity index (χ4v) is 4.32. The van der Waals surface area contributed by atoms with Gasteiger partial charge >= 0.3 is 6.47 Å².